The first-order chi connectivity index (χ1) is 31.2. The van der Waals surface area contributed by atoms with Gasteiger partial charge >= 0.3 is 0 Å². The molecule has 2 aliphatic rings. The average molecular weight is 818 g/mol. The van der Waals surface area contributed by atoms with Crippen LogP contribution in [0.2, 0.25) is 0 Å². The Kier molecular flexibility index (Phi) is 8.06. The Morgan fingerprint density at radius 2 is 0.714 bits per heavy atom. The van der Waals surface area contributed by atoms with Gasteiger partial charge in [-0.05, 0) is 132 Å². The first kappa shape index (κ1) is 35.9. The van der Waals surface area contributed by atoms with E-state index in [2.05, 4.69) is 241 Å². The zero-order chi connectivity index (χ0) is 41.5. The molecule has 0 fully saturated rings. The first-order valence-electron chi connectivity index (χ1n) is 21.7. The molecule has 1 nitrogen and oxygen atoms in total. The lowest BCUT2D eigenvalue weighted by molar-refractivity contribution is 0.793. The van der Waals surface area contributed by atoms with Crippen LogP contribution in [0.4, 0.5) is 17.1 Å². The smallest absolute Gasteiger partial charge is 0.0726 e. The molecule has 1 heterocycles. The van der Waals surface area contributed by atoms with E-state index in [4.69, 9.17) is 0 Å². The van der Waals surface area contributed by atoms with Crippen LogP contribution < -0.4 is 4.90 Å². The van der Waals surface area contributed by atoms with Crippen LogP contribution >= 0.6 is 11.3 Å². The molecule has 0 radical (unpaired) electrons. The van der Waals surface area contributed by atoms with Gasteiger partial charge in [0.25, 0.3) is 0 Å². The summed E-state index contributed by atoms with van der Waals surface area (Å²) < 4.78 is 2.62. The highest BCUT2D eigenvalue weighted by molar-refractivity contribution is 7.25. The molecule has 1 spiro atoms. The van der Waals surface area contributed by atoms with Gasteiger partial charge in [0.15, 0.2) is 0 Å². The Hall–Kier alpha value is -7.78. The number of rotatable bonds is 6. The minimum absolute atomic E-state index is 0.430. The number of anilines is 3. The molecule has 63 heavy (non-hydrogen) atoms. The number of hydrogen-bond donors (Lipinski definition) is 0. The van der Waals surface area contributed by atoms with Gasteiger partial charge in [0.2, 0.25) is 0 Å². The Morgan fingerprint density at radius 3 is 1.33 bits per heavy atom. The van der Waals surface area contributed by atoms with Crippen molar-refractivity contribution in [3.63, 3.8) is 0 Å². The van der Waals surface area contributed by atoms with Crippen molar-refractivity contribution in [1.29, 1.82) is 0 Å². The fourth-order valence-electron chi connectivity index (χ4n) is 10.8. The van der Waals surface area contributed by atoms with Gasteiger partial charge in [-0.1, -0.05) is 182 Å². The first-order valence-corrected chi connectivity index (χ1v) is 22.6. The van der Waals surface area contributed by atoms with E-state index in [1.165, 1.54) is 98.1 Å². The summed E-state index contributed by atoms with van der Waals surface area (Å²) in [5.74, 6) is 0. The topological polar surface area (TPSA) is 3.24 Å². The van der Waals surface area contributed by atoms with E-state index in [1.54, 1.807) is 0 Å². The molecule has 0 atom stereocenters. The zero-order valence-electron chi connectivity index (χ0n) is 34.4. The molecular weight excluding hydrogens is 779 g/mol. The molecule has 0 saturated heterocycles. The molecule has 0 aliphatic heterocycles. The molecule has 0 saturated carbocycles. The minimum Gasteiger partial charge on any atom is -0.310 e. The van der Waals surface area contributed by atoms with Gasteiger partial charge in [0, 0.05) is 37.2 Å². The number of nitrogens with zero attached hydrogens (tertiary/aromatic N) is 1. The Labute approximate surface area is 371 Å². The van der Waals surface area contributed by atoms with Crippen LogP contribution in [0, 0.1) is 0 Å². The maximum absolute atomic E-state index is 2.48. The Morgan fingerprint density at radius 1 is 0.270 bits per heavy atom. The minimum atomic E-state index is -0.430. The molecular formula is C61H39NS. The highest BCUT2D eigenvalue weighted by atomic mass is 32.1. The summed E-state index contributed by atoms with van der Waals surface area (Å²) in [4.78, 5) is 2.44. The largest absolute Gasteiger partial charge is 0.310 e. The maximum Gasteiger partial charge on any atom is 0.0726 e. The summed E-state index contributed by atoms with van der Waals surface area (Å²) in [7, 11) is 0. The third kappa shape index (κ3) is 5.42. The van der Waals surface area contributed by atoms with E-state index in [1.807, 2.05) is 11.3 Å². The van der Waals surface area contributed by atoms with Crippen molar-refractivity contribution < 1.29 is 0 Å². The van der Waals surface area contributed by atoms with E-state index in [-0.39, 0.29) is 0 Å². The van der Waals surface area contributed by atoms with E-state index in [0.29, 0.717) is 0 Å². The van der Waals surface area contributed by atoms with E-state index in [9.17, 15) is 0 Å². The summed E-state index contributed by atoms with van der Waals surface area (Å²) in [6, 6.07) is 87.7. The quantitative estimate of drug-likeness (QED) is 0.162. The number of benzene rings is 10. The summed E-state index contributed by atoms with van der Waals surface area (Å²) >= 11 is 1.87. The molecule has 0 bridgehead atoms. The van der Waals surface area contributed by atoms with Gasteiger partial charge in [0.1, 0.15) is 0 Å². The normalized spacial score (nSPS) is 12.9. The summed E-state index contributed by atoms with van der Waals surface area (Å²) in [6.07, 6.45) is 0. The van der Waals surface area contributed by atoms with Crippen LogP contribution in [0.15, 0.2) is 237 Å². The van der Waals surface area contributed by atoms with Gasteiger partial charge in [-0.15, -0.1) is 11.3 Å². The lowest BCUT2D eigenvalue weighted by atomic mass is 9.70. The van der Waals surface area contributed by atoms with Gasteiger partial charge in [0.05, 0.1) is 5.41 Å². The molecule has 0 unspecified atom stereocenters. The number of hydrogen-bond acceptors (Lipinski definition) is 2. The van der Waals surface area contributed by atoms with Crippen molar-refractivity contribution >= 4 is 48.6 Å². The summed E-state index contributed by atoms with van der Waals surface area (Å²) in [5.41, 5.74) is 20.8. The zero-order valence-corrected chi connectivity index (χ0v) is 35.2. The monoisotopic (exact) mass is 817 g/mol. The van der Waals surface area contributed by atoms with E-state index >= 15 is 0 Å². The van der Waals surface area contributed by atoms with Crippen molar-refractivity contribution in [3.05, 3.63) is 259 Å². The van der Waals surface area contributed by atoms with E-state index in [0.717, 1.165) is 17.1 Å². The fraction of sp³-hybridized carbons (Fsp3) is 0.0164. The van der Waals surface area contributed by atoms with Crippen molar-refractivity contribution in [2.45, 2.75) is 5.41 Å². The van der Waals surface area contributed by atoms with Crippen LogP contribution in [0.5, 0.6) is 0 Å². The standard InChI is InChI=1S/C61H39NS/c1-3-15-40(16-4-1)41-27-31-44(32-28-41)62(45-33-29-43(30-34-45)53-39-60-54(51-22-10-14-26-59(51)63-60)38-52(53)42-17-5-2-6-18-42)46-35-36-50-49-21-9-13-25-57(49)61(58(50)37-46)55-23-11-7-19-47(55)48-20-8-12-24-56(48)61/h1-39H. The van der Waals surface area contributed by atoms with Gasteiger partial charge in [-0.2, -0.15) is 0 Å². The summed E-state index contributed by atoms with van der Waals surface area (Å²) in [6.45, 7) is 0. The number of thiophene rings is 1. The molecule has 294 valence electrons. The Bertz CT molecular complexity index is 3480. The molecule has 11 aromatic rings. The van der Waals surface area contributed by atoms with Crippen LogP contribution in [0.1, 0.15) is 22.3 Å². The van der Waals surface area contributed by atoms with Crippen LogP contribution in [-0.4, -0.2) is 0 Å². The number of fused-ring (bicyclic) bond motifs is 13. The fourth-order valence-corrected chi connectivity index (χ4v) is 11.9. The average Bonchev–Trinajstić information content (AvgIpc) is 3.98. The Balaban J connectivity index is 0.998. The summed E-state index contributed by atoms with van der Waals surface area (Å²) in [5, 5.41) is 2.62. The molecule has 13 rings (SSSR count). The van der Waals surface area contributed by atoms with E-state index < -0.39 is 5.41 Å². The van der Waals surface area contributed by atoms with Crippen molar-refractivity contribution in [2.24, 2.45) is 0 Å². The van der Waals surface area contributed by atoms with Gasteiger partial charge < -0.3 is 4.90 Å². The van der Waals surface area contributed by atoms with Crippen LogP contribution in [0.3, 0.4) is 0 Å². The van der Waals surface area contributed by atoms with Gasteiger partial charge in [-0.3, -0.25) is 0 Å². The second-order valence-electron chi connectivity index (χ2n) is 16.8. The maximum atomic E-state index is 2.48. The van der Waals surface area contributed by atoms with Crippen LogP contribution in [-0.2, 0) is 5.41 Å². The van der Waals surface area contributed by atoms with Crippen LogP contribution in [0.25, 0.3) is 75.8 Å². The predicted octanol–water partition coefficient (Wildman–Crippen LogP) is 16.9. The molecule has 0 N–H and O–H groups in total. The van der Waals surface area contributed by atoms with Crippen molar-refractivity contribution in [1.82, 2.24) is 0 Å². The third-order valence-electron chi connectivity index (χ3n) is 13.5. The molecule has 0 amide bonds. The van der Waals surface area contributed by atoms with Crippen molar-refractivity contribution in [3.8, 4) is 55.6 Å². The molecule has 1 aromatic heterocycles. The second-order valence-corrected chi connectivity index (χ2v) is 17.9. The SMILES string of the molecule is c1ccc(-c2ccc(N(c3ccc(-c4cc5sc6ccccc6c5cc4-c4ccccc4)cc3)c3ccc4c(c3)C3(c5ccccc5-c5ccccc53)c3ccccc3-4)cc2)cc1. The lowest BCUT2D eigenvalue weighted by Gasteiger charge is -2.32. The third-order valence-corrected chi connectivity index (χ3v) is 14.6. The molecule has 2 heteroatoms. The predicted molar refractivity (Wildman–Crippen MR) is 267 cm³/mol. The highest BCUT2D eigenvalue weighted by Gasteiger charge is 2.51. The lowest BCUT2D eigenvalue weighted by Crippen LogP contribution is -2.26. The van der Waals surface area contributed by atoms with Gasteiger partial charge in [-0.25, -0.2) is 0 Å². The van der Waals surface area contributed by atoms with Crippen molar-refractivity contribution in [2.75, 3.05) is 4.90 Å². The molecule has 10 aromatic carbocycles. The molecule has 2 aliphatic carbocycles. The second kappa shape index (κ2) is 14.1. The highest BCUT2D eigenvalue weighted by Crippen LogP contribution is 2.63.